The summed E-state index contributed by atoms with van der Waals surface area (Å²) in [5.74, 6) is 0.949. The highest BCUT2D eigenvalue weighted by molar-refractivity contribution is 7.80. The molecule has 0 spiro atoms. The number of benzene rings is 1. The van der Waals surface area contributed by atoms with Gasteiger partial charge in [-0.1, -0.05) is 12.8 Å². The van der Waals surface area contributed by atoms with Crippen LogP contribution in [0.25, 0.3) is 0 Å². The Bertz CT molecular complexity index is 656. The van der Waals surface area contributed by atoms with Crippen LogP contribution in [-0.4, -0.2) is 34.5 Å². The summed E-state index contributed by atoms with van der Waals surface area (Å²) in [6, 6.07) is 7.75. The Balaban J connectivity index is 1.35. The lowest BCUT2D eigenvalue weighted by atomic mass is 9.91. The number of thiocarbonyl (C=S) groups is 1. The molecule has 0 radical (unpaired) electrons. The molecule has 1 aliphatic heterocycles. The van der Waals surface area contributed by atoms with Gasteiger partial charge in [0.05, 0.1) is 0 Å². The van der Waals surface area contributed by atoms with Crippen LogP contribution in [0.15, 0.2) is 24.3 Å². The number of hydrogen-bond acceptors (Lipinski definition) is 2. The van der Waals surface area contributed by atoms with E-state index in [0.717, 1.165) is 43.1 Å². The maximum Gasteiger partial charge on any atom is 0.253 e. The number of nitrogens with one attached hydrogen (secondary N) is 2. The van der Waals surface area contributed by atoms with E-state index in [-0.39, 0.29) is 11.4 Å². The van der Waals surface area contributed by atoms with E-state index < -0.39 is 0 Å². The monoisotopic (exact) mass is 371 g/mol. The standard InChI is InChI=1S/C21H29N3OS/c25-19(24-14-4-1-5-15-24)16-6-10-18(11-7-16)22-20(26)23-21(17-8-9-17)12-2-3-13-21/h6-7,10-11,17H,1-5,8-9,12-15H2,(H2,22,23,26). The maximum absolute atomic E-state index is 12.6. The summed E-state index contributed by atoms with van der Waals surface area (Å²) in [6.45, 7) is 1.77. The Kier molecular flexibility index (Phi) is 5.16. The first-order valence-corrected chi connectivity index (χ1v) is 10.6. The Morgan fingerprint density at radius 3 is 2.27 bits per heavy atom. The van der Waals surface area contributed by atoms with Gasteiger partial charge in [-0.25, -0.2) is 0 Å². The van der Waals surface area contributed by atoms with Gasteiger partial charge in [-0.15, -0.1) is 0 Å². The zero-order valence-electron chi connectivity index (χ0n) is 15.4. The summed E-state index contributed by atoms with van der Waals surface area (Å²) in [5.41, 5.74) is 1.94. The van der Waals surface area contributed by atoms with Gasteiger partial charge in [-0.05, 0) is 87.3 Å². The Hall–Kier alpha value is -1.62. The number of amides is 1. The average molecular weight is 372 g/mol. The summed E-state index contributed by atoms with van der Waals surface area (Å²) >= 11 is 5.58. The minimum Gasteiger partial charge on any atom is -0.357 e. The van der Waals surface area contributed by atoms with Crippen molar-refractivity contribution in [3.05, 3.63) is 29.8 Å². The van der Waals surface area contributed by atoms with Crippen LogP contribution < -0.4 is 10.6 Å². The third-order valence-electron chi connectivity index (χ3n) is 6.25. The molecular weight excluding hydrogens is 342 g/mol. The normalized spacial score (nSPS) is 22.1. The highest BCUT2D eigenvalue weighted by Crippen LogP contribution is 2.48. The maximum atomic E-state index is 12.6. The Morgan fingerprint density at radius 2 is 1.65 bits per heavy atom. The molecule has 140 valence electrons. The van der Waals surface area contributed by atoms with Crippen molar-refractivity contribution in [1.82, 2.24) is 10.2 Å². The number of carbonyl (C=O) groups excluding carboxylic acids is 1. The second-order valence-electron chi connectivity index (χ2n) is 8.15. The van der Waals surface area contributed by atoms with Crippen molar-refractivity contribution in [3.63, 3.8) is 0 Å². The zero-order chi connectivity index (χ0) is 18.0. The number of anilines is 1. The van der Waals surface area contributed by atoms with Gasteiger partial charge in [-0.2, -0.15) is 0 Å². The summed E-state index contributed by atoms with van der Waals surface area (Å²) in [6.07, 6.45) is 11.2. The molecule has 5 heteroatoms. The molecule has 2 N–H and O–H groups in total. The molecule has 3 aliphatic rings. The van der Waals surface area contributed by atoms with E-state index in [1.54, 1.807) is 0 Å². The molecule has 1 saturated heterocycles. The molecule has 2 saturated carbocycles. The lowest BCUT2D eigenvalue weighted by Gasteiger charge is -2.32. The molecule has 0 unspecified atom stereocenters. The van der Waals surface area contributed by atoms with Crippen LogP contribution in [0.5, 0.6) is 0 Å². The number of likely N-dealkylation sites (tertiary alicyclic amines) is 1. The fraction of sp³-hybridized carbons (Fsp3) is 0.619. The fourth-order valence-corrected chi connectivity index (χ4v) is 4.96. The molecule has 1 aromatic rings. The van der Waals surface area contributed by atoms with Gasteiger partial charge in [0.15, 0.2) is 5.11 Å². The van der Waals surface area contributed by atoms with Crippen molar-refractivity contribution >= 4 is 28.9 Å². The van der Waals surface area contributed by atoms with E-state index in [0.29, 0.717) is 5.11 Å². The van der Waals surface area contributed by atoms with E-state index in [1.807, 2.05) is 29.2 Å². The third-order valence-corrected chi connectivity index (χ3v) is 6.45. The quantitative estimate of drug-likeness (QED) is 0.774. The predicted molar refractivity (Wildman–Crippen MR) is 109 cm³/mol. The average Bonchev–Trinajstić information content (AvgIpc) is 3.43. The molecule has 3 fully saturated rings. The molecule has 0 bridgehead atoms. The highest BCUT2D eigenvalue weighted by atomic mass is 32.1. The van der Waals surface area contributed by atoms with Gasteiger partial charge in [0.1, 0.15) is 0 Å². The van der Waals surface area contributed by atoms with Gasteiger partial charge in [0, 0.05) is 29.9 Å². The van der Waals surface area contributed by atoms with E-state index in [2.05, 4.69) is 10.6 Å². The topological polar surface area (TPSA) is 44.4 Å². The Morgan fingerprint density at radius 1 is 1.00 bits per heavy atom. The second kappa shape index (κ2) is 7.55. The molecule has 1 amide bonds. The van der Waals surface area contributed by atoms with Gasteiger partial charge >= 0.3 is 0 Å². The smallest absolute Gasteiger partial charge is 0.253 e. The molecule has 4 rings (SSSR count). The fourth-order valence-electron chi connectivity index (χ4n) is 4.64. The van der Waals surface area contributed by atoms with Crippen LogP contribution >= 0.6 is 12.2 Å². The summed E-state index contributed by atoms with van der Waals surface area (Å²) < 4.78 is 0. The van der Waals surface area contributed by atoms with Crippen LogP contribution in [0.1, 0.15) is 68.1 Å². The summed E-state index contributed by atoms with van der Waals surface area (Å²) in [7, 11) is 0. The van der Waals surface area contributed by atoms with Crippen molar-refractivity contribution in [2.45, 2.75) is 63.3 Å². The van der Waals surface area contributed by atoms with Crippen LogP contribution in [-0.2, 0) is 0 Å². The minimum absolute atomic E-state index is 0.149. The van der Waals surface area contributed by atoms with Gasteiger partial charge in [0.2, 0.25) is 0 Å². The van der Waals surface area contributed by atoms with E-state index in [9.17, 15) is 4.79 Å². The van der Waals surface area contributed by atoms with Gasteiger partial charge < -0.3 is 15.5 Å². The summed E-state index contributed by atoms with van der Waals surface area (Å²) in [4.78, 5) is 14.5. The number of piperidine rings is 1. The number of rotatable bonds is 4. The van der Waals surface area contributed by atoms with Crippen molar-refractivity contribution in [2.24, 2.45) is 5.92 Å². The van der Waals surface area contributed by atoms with Crippen LogP contribution in [0, 0.1) is 5.92 Å². The van der Waals surface area contributed by atoms with E-state index in [4.69, 9.17) is 12.2 Å². The Labute approximate surface area is 161 Å². The molecule has 4 nitrogen and oxygen atoms in total. The SMILES string of the molecule is O=C(c1ccc(NC(=S)NC2(C3CC3)CCCC2)cc1)N1CCCCC1. The van der Waals surface area contributed by atoms with Crippen LogP contribution in [0.2, 0.25) is 0 Å². The molecule has 1 heterocycles. The number of nitrogens with zero attached hydrogens (tertiary/aromatic N) is 1. The molecular formula is C21H29N3OS. The van der Waals surface area contributed by atoms with Gasteiger partial charge in [0.25, 0.3) is 5.91 Å². The lowest BCUT2D eigenvalue weighted by molar-refractivity contribution is 0.0724. The largest absolute Gasteiger partial charge is 0.357 e. The molecule has 0 aromatic heterocycles. The van der Waals surface area contributed by atoms with Crippen LogP contribution in [0.3, 0.4) is 0 Å². The highest BCUT2D eigenvalue weighted by Gasteiger charge is 2.47. The first-order valence-electron chi connectivity index (χ1n) is 10.1. The predicted octanol–water partition coefficient (Wildman–Crippen LogP) is 4.32. The molecule has 2 aliphatic carbocycles. The minimum atomic E-state index is 0.149. The zero-order valence-corrected chi connectivity index (χ0v) is 16.2. The molecule has 0 atom stereocenters. The second-order valence-corrected chi connectivity index (χ2v) is 8.56. The van der Waals surface area contributed by atoms with Crippen molar-refractivity contribution in [2.75, 3.05) is 18.4 Å². The summed E-state index contributed by atoms with van der Waals surface area (Å²) in [5, 5.41) is 7.67. The van der Waals surface area contributed by atoms with E-state index >= 15 is 0 Å². The molecule has 1 aromatic carbocycles. The van der Waals surface area contributed by atoms with E-state index in [1.165, 1.54) is 44.9 Å². The van der Waals surface area contributed by atoms with Crippen molar-refractivity contribution < 1.29 is 4.79 Å². The van der Waals surface area contributed by atoms with Crippen LogP contribution in [0.4, 0.5) is 5.69 Å². The third kappa shape index (κ3) is 3.88. The number of hydrogen-bond donors (Lipinski definition) is 2. The first-order chi connectivity index (χ1) is 12.7. The van der Waals surface area contributed by atoms with Gasteiger partial charge in [-0.3, -0.25) is 4.79 Å². The first kappa shape index (κ1) is 17.8. The lowest BCUT2D eigenvalue weighted by Crippen LogP contribution is -2.49. The molecule has 26 heavy (non-hydrogen) atoms. The van der Waals surface area contributed by atoms with Crippen molar-refractivity contribution in [1.29, 1.82) is 0 Å². The number of carbonyl (C=O) groups is 1. The van der Waals surface area contributed by atoms with Crippen molar-refractivity contribution in [3.8, 4) is 0 Å².